The third-order valence-electron chi connectivity index (χ3n) is 1.63. The van der Waals surface area contributed by atoms with Crippen molar-refractivity contribution in [2.24, 2.45) is 0 Å². The molecule has 0 saturated heterocycles. The molecule has 3 heteroatoms. The molecule has 1 aromatic carbocycles. The molecule has 0 aliphatic heterocycles. The van der Waals surface area contributed by atoms with Crippen LogP contribution in [0.5, 0.6) is 0 Å². The number of rotatable bonds is 2. The van der Waals surface area contributed by atoms with Crippen LogP contribution in [0.15, 0.2) is 18.2 Å². The van der Waals surface area contributed by atoms with E-state index < -0.39 is 5.82 Å². The summed E-state index contributed by atoms with van der Waals surface area (Å²) < 4.78 is 13.1. The number of benzene rings is 1. The maximum absolute atomic E-state index is 13.1. The van der Waals surface area contributed by atoms with E-state index in [1.165, 1.54) is 19.1 Å². The van der Waals surface area contributed by atoms with Crippen molar-refractivity contribution in [2.75, 3.05) is 0 Å². The zero-order chi connectivity index (χ0) is 9.14. The van der Waals surface area contributed by atoms with Crippen molar-refractivity contribution < 1.29 is 14.3 Å². The molecule has 0 spiro atoms. The van der Waals surface area contributed by atoms with Gasteiger partial charge in [-0.15, -0.1) is 0 Å². The second-order valence-corrected chi connectivity index (χ2v) is 2.49. The van der Waals surface area contributed by atoms with Crippen molar-refractivity contribution in [1.82, 2.24) is 0 Å². The molecule has 0 fully saturated rings. The second-order valence-electron chi connectivity index (χ2n) is 2.49. The minimum atomic E-state index is -0.618. The fourth-order valence-electron chi connectivity index (χ4n) is 0.974. The van der Waals surface area contributed by atoms with Gasteiger partial charge in [-0.2, -0.15) is 0 Å². The third kappa shape index (κ3) is 1.51. The van der Waals surface area contributed by atoms with Gasteiger partial charge in [-0.3, -0.25) is 4.79 Å². The van der Waals surface area contributed by atoms with Crippen LogP contribution in [0.25, 0.3) is 0 Å². The van der Waals surface area contributed by atoms with Crippen molar-refractivity contribution in [3.63, 3.8) is 0 Å². The highest BCUT2D eigenvalue weighted by Gasteiger charge is 2.09. The molecule has 1 rings (SSSR count). The van der Waals surface area contributed by atoms with E-state index >= 15 is 0 Å². The molecule has 64 valence electrons. The van der Waals surface area contributed by atoms with E-state index in [9.17, 15) is 9.18 Å². The van der Waals surface area contributed by atoms with Crippen LogP contribution >= 0.6 is 0 Å². The van der Waals surface area contributed by atoms with Gasteiger partial charge >= 0.3 is 0 Å². The normalized spacial score (nSPS) is 9.92. The first-order valence-electron chi connectivity index (χ1n) is 3.56. The van der Waals surface area contributed by atoms with E-state index in [4.69, 9.17) is 5.11 Å². The second kappa shape index (κ2) is 3.45. The Hall–Kier alpha value is -1.22. The number of aliphatic hydroxyl groups is 1. The molecule has 0 radical (unpaired) electrons. The van der Waals surface area contributed by atoms with Crippen LogP contribution in [0.4, 0.5) is 4.39 Å². The lowest BCUT2D eigenvalue weighted by molar-refractivity contribution is 0.101. The largest absolute Gasteiger partial charge is 0.392 e. The highest BCUT2D eigenvalue weighted by atomic mass is 19.1. The molecular formula is C9H9FO2. The summed E-state index contributed by atoms with van der Waals surface area (Å²) in [6, 6.07) is 4.39. The molecule has 0 aliphatic carbocycles. The Kier molecular flexibility index (Phi) is 2.55. The van der Waals surface area contributed by atoms with Crippen LogP contribution in [0.3, 0.4) is 0 Å². The molecule has 12 heavy (non-hydrogen) atoms. The van der Waals surface area contributed by atoms with Crippen molar-refractivity contribution in [3.05, 3.63) is 35.1 Å². The van der Waals surface area contributed by atoms with Gasteiger partial charge in [0.1, 0.15) is 5.82 Å². The van der Waals surface area contributed by atoms with Crippen LogP contribution in [0, 0.1) is 5.82 Å². The predicted octanol–water partition coefficient (Wildman–Crippen LogP) is 1.52. The van der Waals surface area contributed by atoms with Gasteiger partial charge in [-0.25, -0.2) is 4.39 Å². The molecule has 0 saturated carbocycles. The number of ketones is 1. The van der Waals surface area contributed by atoms with Crippen molar-refractivity contribution >= 4 is 5.78 Å². The first-order chi connectivity index (χ1) is 5.66. The lowest BCUT2D eigenvalue weighted by atomic mass is 10.1. The summed E-state index contributed by atoms with van der Waals surface area (Å²) in [5, 5.41) is 8.67. The average Bonchev–Trinajstić information content (AvgIpc) is 2.04. The summed E-state index contributed by atoms with van der Waals surface area (Å²) in [7, 11) is 0. The number of aliphatic hydroxyl groups excluding tert-OH is 1. The Labute approximate surface area is 69.6 Å². The van der Waals surface area contributed by atoms with Crippen LogP contribution in [-0.4, -0.2) is 10.9 Å². The topological polar surface area (TPSA) is 37.3 Å². The van der Waals surface area contributed by atoms with Crippen molar-refractivity contribution in [1.29, 1.82) is 0 Å². The molecule has 1 N–H and O–H groups in total. The van der Waals surface area contributed by atoms with E-state index in [-0.39, 0.29) is 23.5 Å². The summed E-state index contributed by atoms with van der Waals surface area (Å²) in [4.78, 5) is 10.8. The average molecular weight is 168 g/mol. The van der Waals surface area contributed by atoms with Gasteiger partial charge in [-0.05, 0) is 13.0 Å². The van der Waals surface area contributed by atoms with E-state index in [2.05, 4.69) is 0 Å². The molecule has 0 heterocycles. The van der Waals surface area contributed by atoms with Gasteiger partial charge in [0.05, 0.1) is 12.2 Å². The quantitative estimate of drug-likeness (QED) is 0.680. The molecule has 0 unspecified atom stereocenters. The predicted molar refractivity (Wildman–Crippen MR) is 42.3 cm³/mol. The maximum atomic E-state index is 13.1. The standard InChI is InChI=1S/C9H9FO2/c1-6(12)8-4-2-3-7(5-11)9(8)10/h2-4,11H,5H2,1H3. The lowest BCUT2D eigenvalue weighted by Gasteiger charge is -2.02. The van der Waals surface area contributed by atoms with E-state index in [1.54, 1.807) is 6.07 Å². The summed E-state index contributed by atoms with van der Waals surface area (Å²) in [6.07, 6.45) is 0. The van der Waals surface area contributed by atoms with Gasteiger partial charge in [0.2, 0.25) is 0 Å². The third-order valence-corrected chi connectivity index (χ3v) is 1.63. The zero-order valence-electron chi connectivity index (χ0n) is 6.67. The van der Waals surface area contributed by atoms with Gasteiger partial charge in [-0.1, -0.05) is 12.1 Å². The molecule has 0 bridgehead atoms. The molecule has 0 aliphatic rings. The number of hydrogen-bond acceptors (Lipinski definition) is 2. The Balaban J connectivity index is 3.23. The lowest BCUT2D eigenvalue weighted by Crippen LogP contribution is -2.00. The Morgan fingerprint density at radius 3 is 2.75 bits per heavy atom. The maximum Gasteiger partial charge on any atom is 0.162 e. The van der Waals surface area contributed by atoms with Gasteiger partial charge < -0.3 is 5.11 Å². The van der Waals surface area contributed by atoms with Gasteiger partial charge in [0, 0.05) is 5.56 Å². The van der Waals surface area contributed by atoms with Crippen molar-refractivity contribution in [2.45, 2.75) is 13.5 Å². The fourth-order valence-corrected chi connectivity index (χ4v) is 0.974. The first kappa shape index (κ1) is 8.87. The monoisotopic (exact) mass is 168 g/mol. The van der Waals surface area contributed by atoms with Crippen LogP contribution in [0.2, 0.25) is 0 Å². The van der Waals surface area contributed by atoms with Crippen LogP contribution in [-0.2, 0) is 6.61 Å². The van der Waals surface area contributed by atoms with Gasteiger partial charge in [0.25, 0.3) is 0 Å². The Morgan fingerprint density at radius 1 is 1.58 bits per heavy atom. The molecular weight excluding hydrogens is 159 g/mol. The van der Waals surface area contributed by atoms with Crippen molar-refractivity contribution in [3.8, 4) is 0 Å². The van der Waals surface area contributed by atoms with Gasteiger partial charge in [0.15, 0.2) is 5.78 Å². The SMILES string of the molecule is CC(=O)c1cccc(CO)c1F. The molecule has 0 aromatic heterocycles. The smallest absolute Gasteiger partial charge is 0.162 e. The Bertz CT molecular complexity index is 307. The summed E-state index contributed by atoms with van der Waals surface area (Å²) >= 11 is 0. The van der Waals surface area contributed by atoms with Crippen LogP contribution in [0.1, 0.15) is 22.8 Å². The summed E-state index contributed by atoms with van der Waals surface area (Å²) in [6.45, 7) is 0.909. The molecule has 1 aromatic rings. The van der Waals surface area contributed by atoms with Crippen LogP contribution < -0.4 is 0 Å². The zero-order valence-corrected chi connectivity index (χ0v) is 6.67. The summed E-state index contributed by atoms with van der Waals surface area (Å²) in [5.41, 5.74) is 0.184. The van der Waals surface area contributed by atoms with E-state index in [1.807, 2.05) is 0 Å². The number of halogens is 1. The number of hydrogen-bond donors (Lipinski definition) is 1. The number of carbonyl (C=O) groups excluding carboxylic acids is 1. The first-order valence-corrected chi connectivity index (χ1v) is 3.56. The van der Waals surface area contributed by atoms with E-state index in [0.29, 0.717) is 0 Å². The number of carbonyl (C=O) groups is 1. The molecule has 0 amide bonds. The molecule has 0 atom stereocenters. The Morgan fingerprint density at radius 2 is 2.25 bits per heavy atom. The molecule has 2 nitrogen and oxygen atoms in total. The number of Topliss-reactive ketones (excluding diaryl/α,β-unsaturated/α-hetero) is 1. The van der Waals surface area contributed by atoms with E-state index in [0.717, 1.165) is 0 Å². The minimum absolute atomic E-state index is 0.0292. The highest BCUT2D eigenvalue weighted by Crippen LogP contribution is 2.13. The minimum Gasteiger partial charge on any atom is -0.392 e. The highest BCUT2D eigenvalue weighted by molar-refractivity contribution is 5.94. The fraction of sp³-hybridized carbons (Fsp3) is 0.222. The summed E-state index contributed by atoms with van der Waals surface area (Å²) in [5.74, 6) is -0.949.